The Morgan fingerprint density at radius 2 is 1.89 bits per heavy atom. The maximum atomic E-state index is 2.27. The fourth-order valence-electron chi connectivity index (χ4n) is 2.23. The predicted molar refractivity (Wildman–Crippen MR) is 74.4 cm³/mol. The normalized spacial score (nSPS) is 11.1. The molecule has 2 heterocycles. The summed E-state index contributed by atoms with van der Waals surface area (Å²) in [6, 6.07) is 12.9. The van der Waals surface area contributed by atoms with E-state index in [-0.39, 0.29) is 0 Å². The molecule has 0 amide bonds. The standard InChI is InChI=1S/C15H16N2S/c1-11-7-8-12-14(10-11)18-15(17(12)3)13-6-4-5-9-16(13)2/h4-10H,1-3H3/q+2. The molecule has 0 unspecified atom stereocenters. The SMILES string of the molecule is Cc1ccc2c(c1)sc(-c1cccc[n+]1C)[n+]2C. The molecule has 3 aromatic rings. The van der Waals surface area contributed by atoms with Gasteiger partial charge in [-0.3, -0.25) is 0 Å². The number of rotatable bonds is 1. The van der Waals surface area contributed by atoms with Crippen molar-refractivity contribution in [2.75, 3.05) is 0 Å². The summed E-state index contributed by atoms with van der Waals surface area (Å²) in [7, 11) is 4.22. The van der Waals surface area contributed by atoms with Crippen molar-refractivity contribution < 1.29 is 9.13 Å². The van der Waals surface area contributed by atoms with Crippen molar-refractivity contribution in [1.29, 1.82) is 0 Å². The van der Waals surface area contributed by atoms with Gasteiger partial charge in [0, 0.05) is 18.2 Å². The van der Waals surface area contributed by atoms with E-state index in [0.717, 1.165) is 0 Å². The lowest BCUT2D eigenvalue weighted by Crippen LogP contribution is -2.36. The average Bonchev–Trinajstić information content (AvgIpc) is 2.67. The van der Waals surface area contributed by atoms with Crippen molar-refractivity contribution in [3.63, 3.8) is 0 Å². The Bertz CT molecular complexity index is 728. The quantitative estimate of drug-likeness (QED) is 0.591. The molecule has 3 heteroatoms. The lowest BCUT2D eigenvalue weighted by Gasteiger charge is -1.93. The first-order valence-electron chi connectivity index (χ1n) is 6.01. The fraction of sp³-hybridized carbons (Fsp3) is 0.200. The molecule has 0 spiro atoms. The predicted octanol–water partition coefficient (Wildman–Crippen LogP) is 2.53. The van der Waals surface area contributed by atoms with E-state index in [2.05, 4.69) is 72.7 Å². The molecule has 0 aliphatic carbocycles. The number of fused-ring (bicyclic) bond motifs is 1. The Morgan fingerprint density at radius 3 is 2.67 bits per heavy atom. The van der Waals surface area contributed by atoms with Crippen LogP contribution in [0.4, 0.5) is 0 Å². The Labute approximate surface area is 111 Å². The number of thiazole rings is 1. The Kier molecular flexibility index (Phi) is 2.63. The van der Waals surface area contributed by atoms with Gasteiger partial charge in [-0.2, -0.15) is 9.13 Å². The van der Waals surface area contributed by atoms with Crippen molar-refractivity contribution in [1.82, 2.24) is 0 Å². The van der Waals surface area contributed by atoms with Crippen molar-refractivity contribution in [2.45, 2.75) is 6.92 Å². The molecule has 0 radical (unpaired) electrons. The zero-order valence-electron chi connectivity index (χ0n) is 10.8. The van der Waals surface area contributed by atoms with E-state index >= 15 is 0 Å². The lowest BCUT2D eigenvalue weighted by atomic mass is 10.2. The van der Waals surface area contributed by atoms with E-state index in [1.54, 1.807) is 0 Å². The van der Waals surface area contributed by atoms with Crippen molar-refractivity contribution >= 4 is 21.6 Å². The first kappa shape index (κ1) is 11.4. The van der Waals surface area contributed by atoms with Crippen LogP contribution in [0.2, 0.25) is 0 Å². The third-order valence-electron chi connectivity index (χ3n) is 3.26. The van der Waals surface area contributed by atoms with E-state index in [0.29, 0.717) is 0 Å². The topological polar surface area (TPSA) is 7.76 Å². The molecule has 0 saturated carbocycles. The van der Waals surface area contributed by atoms with Gasteiger partial charge in [0.05, 0.1) is 0 Å². The first-order valence-corrected chi connectivity index (χ1v) is 6.82. The second kappa shape index (κ2) is 4.18. The molecule has 3 rings (SSSR count). The Hall–Kier alpha value is -1.74. The molecule has 0 saturated heterocycles. The van der Waals surface area contributed by atoms with E-state index in [1.807, 2.05) is 11.3 Å². The molecule has 0 fully saturated rings. The summed E-state index contributed by atoms with van der Waals surface area (Å²) >= 11 is 1.85. The zero-order valence-corrected chi connectivity index (χ0v) is 11.7. The average molecular weight is 256 g/mol. The summed E-state index contributed by atoms with van der Waals surface area (Å²) in [6.45, 7) is 2.14. The molecular weight excluding hydrogens is 240 g/mol. The minimum Gasteiger partial charge on any atom is -0.195 e. The number of hydrogen-bond acceptors (Lipinski definition) is 1. The highest BCUT2D eigenvalue weighted by Crippen LogP contribution is 2.26. The third kappa shape index (κ3) is 1.71. The molecule has 0 aliphatic heterocycles. The van der Waals surface area contributed by atoms with Crippen molar-refractivity contribution in [2.24, 2.45) is 14.1 Å². The molecule has 2 nitrogen and oxygen atoms in total. The van der Waals surface area contributed by atoms with Crippen LogP contribution in [0.5, 0.6) is 0 Å². The molecule has 0 atom stereocenters. The number of nitrogens with zero attached hydrogens (tertiary/aromatic N) is 2. The van der Waals surface area contributed by atoms with Gasteiger partial charge in [-0.1, -0.05) is 17.4 Å². The van der Waals surface area contributed by atoms with Gasteiger partial charge in [0.25, 0.3) is 5.69 Å². The molecule has 90 valence electrons. The smallest absolute Gasteiger partial charge is 0.195 e. The summed E-state index contributed by atoms with van der Waals surface area (Å²) in [5.41, 5.74) is 3.86. The van der Waals surface area contributed by atoms with Crippen LogP contribution in [0, 0.1) is 6.92 Å². The highest BCUT2D eigenvalue weighted by atomic mass is 32.1. The van der Waals surface area contributed by atoms with Gasteiger partial charge in [-0.25, -0.2) is 0 Å². The first-order chi connectivity index (χ1) is 8.66. The van der Waals surface area contributed by atoms with Crippen LogP contribution in [-0.2, 0) is 14.1 Å². The van der Waals surface area contributed by atoms with Crippen LogP contribution in [0.1, 0.15) is 5.56 Å². The summed E-state index contributed by atoms with van der Waals surface area (Å²) in [6.07, 6.45) is 2.09. The number of pyridine rings is 1. The number of hydrogen-bond donors (Lipinski definition) is 0. The Balaban J connectivity index is 2.31. The van der Waals surface area contributed by atoms with Crippen LogP contribution >= 0.6 is 11.3 Å². The van der Waals surface area contributed by atoms with Crippen molar-refractivity contribution in [3.8, 4) is 10.7 Å². The summed E-state index contributed by atoms with van der Waals surface area (Å²) in [5, 5.41) is 1.29. The minimum atomic E-state index is 1.25. The van der Waals surface area contributed by atoms with Crippen molar-refractivity contribution in [3.05, 3.63) is 48.2 Å². The number of aromatic nitrogens is 2. The van der Waals surface area contributed by atoms with Crippen LogP contribution in [0.3, 0.4) is 0 Å². The van der Waals surface area contributed by atoms with E-state index in [1.165, 1.54) is 26.5 Å². The van der Waals surface area contributed by atoms with Gasteiger partial charge in [0.1, 0.15) is 18.8 Å². The van der Waals surface area contributed by atoms with Gasteiger partial charge >= 0.3 is 5.01 Å². The maximum Gasteiger partial charge on any atom is 0.335 e. The van der Waals surface area contributed by atoms with Crippen LogP contribution < -0.4 is 9.13 Å². The largest absolute Gasteiger partial charge is 0.335 e. The number of benzene rings is 1. The second-order valence-electron chi connectivity index (χ2n) is 4.63. The molecule has 1 aromatic carbocycles. The molecule has 2 aromatic heterocycles. The summed E-state index contributed by atoms with van der Waals surface area (Å²) in [4.78, 5) is 0. The van der Waals surface area contributed by atoms with Gasteiger partial charge in [0.2, 0.25) is 5.52 Å². The fourth-order valence-corrected chi connectivity index (χ4v) is 3.55. The highest BCUT2D eigenvalue weighted by Gasteiger charge is 2.24. The molecule has 18 heavy (non-hydrogen) atoms. The van der Waals surface area contributed by atoms with Crippen LogP contribution in [0.15, 0.2) is 42.6 Å². The van der Waals surface area contributed by atoms with Gasteiger partial charge in [-0.15, -0.1) is 0 Å². The maximum absolute atomic E-state index is 2.27. The summed E-state index contributed by atoms with van der Waals surface area (Å²) in [5.74, 6) is 0. The van der Waals surface area contributed by atoms with E-state index in [4.69, 9.17) is 0 Å². The van der Waals surface area contributed by atoms with E-state index in [9.17, 15) is 0 Å². The molecule has 0 bridgehead atoms. The van der Waals surface area contributed by atoms with Gasteiger partial charge < -0.3 is 0 Å². The van der Waals surface area contributed by atoms with E-state index < -0.39 is 0 Å². The highest BCUT2D eigenvalue weighted by molar-refractivity contribution is 7.21. The van der Waals surface area contributed by atoms with Gasteiger partial charge in [0.15, 0.2) is 6.20 Å². The van der Waals surface area contributed by atoms with Crippen LogP contribution in [-0.4, -0.2) is 0 Å². The zero-order chi connectivity index (χ0) is 12.7. The molecule has 0 N–H and O–H groups in total. The minimum absolute atomic E-state index is 1.25. The lowest BCUT2D eigenvalue weighted by molar-refractivity contribution is -0.678. The second-order valence-corrected chi connectivity index (χ2v) is 5.66. The number of aryl methyl sites for hydroxylation is 3. The third-order valence-corrected chi connectivity index (χ3v) is 4.49. The monoisotopic (exact) mass is 256 g/mol. The van der Waals surface area contributed by atoms with Crippen LogP contribution in [0.25, 0.3) is 20.9 Å². The molecular formula is C15H16N2S+2. The molecule has 0 aliphatic rings. The van der Waals surface area contributed by atoms with Gasteiger partial charge in [-0.05, 0) is 24.6 Å². The Morgan fingerprint density at radius 1 is 1.06 bits per heavy atom. The summed E-state index contributed by atoms with van der Waals surface area (Å²) < 4.78 is 5.78.